The zero-order valence-electron chi connectivity index (χ0n) is 24.2. The second-order valence-corrected chi connectivity index (χ2v) is 12.6. The smallest absolute Gasteiger partial charge is 0.432 e. The second kappa shape index (κ2) is 15.3. The Bertz CT molecular complexity index is 1570. The fraction of sp³-hybridized carbons (Fsp3) is 0.444. The molecule has 0 saturated carbocycles. The van der Waals surface area contributed by atoms with Crippen LogP contribution < -0.4 is 16.1 Å². The molecule has 0 radical (unpaired) electrons. The number of carbonyl (C=O) groups is 1. The number of hydrogen-bond acceptors (Lipinski definition) is 12. The number of rotatable bonds is 16. The SMILES string of the molecule is CC(C)OC(=O)OCOP(=O)(CO[C@H](C)Cn1cnc2c(N)ncnc21)NCCCCNc1ccnc2cc(Cl)ccc12. The minimum atomic E-state index is -3.57. The van der Waals surface area contributed by atoms with Gasteiger partial charge in [0.25, 0.3) is 7.52 Å². The van der Waals surface area contributed by atoms with Gasteiger partial charge in [-0.2, -0.15) is 0 Å². The van der Waals surface area contributed by atoms with Crippen molar-refractivity contribution in [3.63, 3.8) is 0 Å². The van der Waals surface area contributed by atoms with Gasteiger partial charge in [0.2, 0.25) is 6.79 Å². The number of fused-ring (bicyclic) bond motifs is 2. The van der Waals surface area contributed by atoms with Crippen LogP contribution in [0.2, 0.25) is 5.02 Å². The van der Waals surface area contributed by atoms with Gasteiger partial charge in [-0.15, -0.1) is 0 Å². The maximum absolute atomic E-state index is 13.6. The van der Waals surface area contributed by atoms with Crippen molar-refractivity contribution in [1.29, 1.82) is 0 Å². The van der Waals surface area contributed by atoms with Gasteiger partial charge in [-0.3, -0.25) is 14.1 Å². The maximum atomic E-state index is 13.6. The molecule has 0 aliphatic rings. The van der Waals surface area contributed by atoms with Gasteiger partial charge in [0, 0.05) is 35.4 Å². The van der Waals surface area contributed by atoms with Gasteiger partial charge < -0.3 is 29.8 Å². The van der Waals surface area contributed by atoms with Crippen LogP contribution in [0.3, 0.4) is 0 Å². The van der Waals surface area contributed by atoms with Crippen LogP contribution in [0.25, 0.3) is 22.1 Å². The van der Waals surface area contributed by atoms with E-state index in [1.807, 2.05) is 31.2 Å². The number of ether oxygens (including phenoxy) is 3. The Morgan fingerprint density at radius 2 is 1.93 bits per heavy atom. The van der Waals surface area contributed by atoms with Gasteiger partial charge in [-0.05, 0) is 57.9 Å². The summed E-state index contributed by atoms with van der Waals surface area (Å²) in [6.45, 7) is 6.06. The van der Waals surface area contributed by atoms with Crippen molar-refractivity contribution in [3.05, 3.63) is 48.1 Å². The fourth-order valence-electron chi connectivity index (χ4n) is 4.10. The van der Waals surface area contributed by atoms with Gasteiger partial charge in [0.05, 0.1) is 30.6 Å². The normalized spacial score (nSPS) is 13.7. The summed E-state index contributed by atoms with van der Waals surface area (Å²) in [5, 5.41) is 7.98. The van der Waals surface area contributed by atoms with E-state index in [2.05, 4.69) is 30.3 Å². The standard InChI is InChI=1S/C27H36ClN8O6P/c1-18(2)42-27(37)39-16-41-43(38,17-40-19(3)13-36-15-34-24-25(29)32-14-33-26(24)36)35-10-5-4-9-30-22-8-11-31-23-12-20(28)6-7-21(22)23/h6-8,11-12,14-15,18-19H,4-5,9-10,13,16-17H2,1-3H3,(H,30,31)(H,35,38)(H2,29,32,33)/t19-,43?/m1/s1. The third kappa shape index (κ3) is 9.47. The number of nitrogens with one attached hydrogen (secondary N) is 2. The molecule has 0 fully saturated rings. The fourth-order valence-corrected chi connectivity index (χ4v) is 5.70. The van der Waals surface area contributed by atoms with E-state index in [9.17, 15) is 9.36 Å². The van der Waals surface area contributed by atoms with Crippen LogP contribution in [-0.4, -0.2) is 69.1 Å². The summed E-state index contributed by atoms with van der Waals surface area (Å²) >= 11 is 6.08. The van der Waals surface area contributed by atoms with Crippen molar-refractivity contribution < 1.29 is 28.1 Å². The molecule has 4 N–H and O–H groups in total. The molecule has 232 valence electrons. The number of benzene rings is 1. The van der Waals surface area contributed by atoms with Crippen LogP contribution in [0, 0.1) is 0 Å². The topological polar surface area (TPSA) is 178 Å². The molecule has 1 unspecified atom stereocenters. The molecule has 43 heavy (non-hydrogen) atoms. The third-order valence-electron chi connectivity index (χ3n) is 6.16. The van der Waals surface area contributed by atoms with Gasteiger partial charge in [0.1, 0.15) is 18.2 Å². The molecule has 2 atom stereocenters. The number of hydrogen-bond donors (Lipinski definition) is 3. The van der Waals surface area contributed by atoms with Crippen molar-refractivity contribution >= 4 is 58.8 Å². The summed E-state index contributed by atoms with van der Waals surface area (Å²) in [6, 6.07) is 7.49. The second-order valence-electron chi connectivity index (χ2n) is 9.98. The highest BCUT2D eigenvalue weighted by molar-refractivity contribution is 7.56. The Kier molecular flexibility index (Phi) is 11.5. The minimum Gasteiger partial charge on any atom is -0.432 e. The average Bonchev–Trinajstić information content (AvgIpc) is 3.37. The summed E-state index contributed by atoms with van der Waals surface area (Å²) in [7, 11) is -3.57. The third-order valence-corrected chi connectivity index (χ3v) is 8.11. The van der Waals surface area contributed by atoms with E-state index in [1.165, 1.54) is 6.33 Å². The molecule has 4 aromatic rings. The number of carbonyl (C=O) groups excluding carboxylic acids is 1. The molecule has 4 rings (SSSR count). The Morgan fingerprint density at radius 3 is 2.74 bits per heavy atom. The maximum Gasteiger partial charge on any atom is 0.510 e. The van der Waals surface area contributed by atoms with E-state index in [4.69, 9.17) is 36.1 Å². The van der Waals surface area contributed by atoms with Gasteiger partial charge in [-0.25, -0.2) is 24.8 Å². The number of anilines is 2. The highest BCUT2D eigenvalue weighted by Crippen LogP contribution is 2.42. The van der Waals surface area contributed by atoms with Crippen molar-refractivity contribution in [2.24, 2.45) is 0 Å². The van der Waals surface area contributed by atoms with Crippen LogP contribution in [-0.2, 0) is 29.8 Å². The molecule has 3 heterocycles. The molecule has 16 heteroatoms. The van der Waals surface area contributed by atoms with E-state index in [0.29, 0.717) is 42.2 Å². The van der Waals surface area contributed by atoms with Crippen molar-refractivity contribution in [2.75, 3.05) is 37.3 Å². The molecule has 0 spiro atoms. The first kappa shape index (κ1) is 32.4. The van der Waals surface area contributed by atoms with Crippen LogP contribution in [0.4, 0.5) is 16.3 Å². The monoisotopic (exact) mass is 634 g/mol. The Hall–Kier alpha value is -3.55. The predicted octanol–water partition coefficient (Wildman–Crippen LogP) is 5.18. The van der Waals surface area contributed by atoms with E-state index >= 15 is 0 Å². The lowest BCUT2D eigenvalue weighted by atomic mass is 10.2. The van der Waals surface area contributed by atoms with Crippen LogP contribution >= 0.6 is 19.1 Å². The van der Waals surface area contributed by atoms with E-state index in [-0.39, 0.29) is 18.3 Å². The van der Waals surface area contributed by atoms with Gasteiger partial charge in [-0.1, -0.05) is 11.6 Å². The number of pyridine rings is 1. The Labute approximate surface area is 254 Å². The summed E-state index contributed by atoms with van der Waals surface area (Å²) in [4.78, 5) is 28.5. The van der Waals surface area contributed by atoms with Gasteiger partial charge >= 0.3 is 6.16 Å². The highest BCUT2D eigenvalue weighted by Gasteiger charge is 2.26. The lowest BCUT2D eigenvalue weighted by Crippen LogP contribution is -2.24. The highest BCUT2D eigenvalue weighted by atomic mass is 35.5. The van der Waals surface area contributed by atoms with Crippen LogP contribution in [0.5, 0.6) is 0 Å². The molecule has 0 bridgehead atoms. The summed E-state index contributed by atoms with van der Waals surface area (Å²) in [5.74, 6) is 0.282. The van der Waals surface area contributed by atoms with Crippen molar-refractivity contribution in [1.82, 2.24) is 29.6 Å². The number of imidazole rings is 1. The van der Waals surface area contributed by atoms with E-state index in [1.54, 1.807) is 30.9 Å². The number of nitrogen functional groups attached to an aromatic ring is 1. The summed E-state index contributed by atoms with van der Waals surface area (Å²) < 4.78 is 36.6. The number of halogens is 1. The minimum absolute atomic E-state index is 0.260. The molecule has 0 aliphatic heterocycles. The predicted molar refractivity (Wildman–Crippen MR) is 164 cm³/mol. The quantitative estimate of drug-likeness (QED) is 0.0636. The molecular weight excluding hydrogens is 599 g/mol. The van der Waals surface area contributed by atoms with Crippen molar-refractivity contribution in [2.45, 2.75) is 52.4 Å². The summed E-state index contributed by atoms with van der Waals surface area (Å²) in [5.41, 5.74) is 8.69. The number of unbranched alkanes of at least 4 members (excludes halogenated alkanes) is 1. The Morgan fingerprint density at radius 1 is 1.12 bits per heavy atom. The molecule has 3 aromatic heterocycles. The zero-order valence-corrected chi connectivity index (χ0v) is 25.9. The Balaban J connectivity index is 1.28. The van der Waals surface area contributed by atoms with Crippen molar-refractivity contribution in [3.8, 4) is 0 Å². The molecular formula is C27H36ClN8O6P. The first-order valence-electron chi connectivity index (χ1n) is 13.8. The first-order chi connectivity index (χ1) is 20.6. The molecule has 0 aliphatic carbocycles. The number of nitrogens with zero attached hydrogens (tertiary/aromatic N) is 5. The first-order valence-corrected chi connectivity index (χ1v) is 16.0. The average molecular weight is 635 g/mol. The molecule has 1 aromatic carbocycles. The largest absolute Gasteiger partial charge is 0.510 e. The number of nitrogens with two attached hydrogens (primary N) is 1. The number of aromatic nitrogens is 5. The lowest BCUT2D eigenvalue weighted by Gasteiger charge is -2.22. The van der Waals surface area contributed by atoms with Crippen LogP contribution in [0.1, 0.15) is 33.6 Å². The van der Waals surface area contributed by atoms with E-state index < -0.39 is 26.6 Å². The zero-order chi connectivity index (χ0) is 30.8. The molecule has 14 nitrogen and oxygen atoms in total. The lowest BCUT2D eigenvalue weighted by molar-refractivity contribution is -0.0110. The summed E-state index contributed by atoms with van der Waals surface area (Å²) in [6.07, 6.45) is 4.21. The van der Waals surface area contributed by atoms with Gasteiger partial charge in [0.15, 0.2) is 11.5 Å². The van der Waals surface area contributed by atoms with Crippen LogP contribution in [0.15, 0.2) is 43.1 Å². The molecule has 0 amide bonds. The van der Waals surface area contributed by atoms with E-state index in [0.717, 1.165) is 23.0 Å². The molecule has 0 saturated heterocycles.